The predicted octanol–water partition coefficient (Wildman–Crippen LogP) is 3.50. The van der Waals surface area contributed by atoms with E-state index in [0.29, 0.717) is 36.5 Å². The lowest BCUT2D eigenvalue weighted by Crippen LogP contribution is -2.46. The van der Waals surface area contributed by atoms with Gasteiger partial charge < -0.3 is 14.6 Å². The molecule has 0 aliphatic carbocycles. The van der Waals surface area contributed by atoms with Gasteiger partial charge in [0.1, 0.15) is 5.52 Å². The summed E-state index contributed by atoms with van der Waals surface area (Å²) in [4.78, 5) is 6.98. The molecule has 1 aliphatic heterocycles. The second-order valence-electron chi connectivity index (χ2n) is 8.11. The Hall–Kier alpha value is -2.42. The first-order chi connectivity index (χ1) is 14.3. The lowest BCUT2D eigenvalue weighted by Gasteiger charge is -2.31. The van der Waals surface area contributed by atoms with Crippen molar-refractivity contribution in [3.05, 3.63) is 53.6 Å². The standard InChI is InChI=1S/C22H28N4O3S/c1-16(2)18-6-9-21-20(14-18)24-22(29-21)23-15-17-4-7-19(8-5-17)30(27,28)26-12-10-25(3)11-13-26/h4-9,14,16H,10-13,15H2,1-3H3,(H,23,24). The third-order valence-electron chi connectivity index (χ3n) is 5.55. The van der Waals surface area contributed by atoms with Crippen molar-refractivity contribution in [2.75, 3.05) is 38.5 Å². The molecule has 8 heteroatoms. The highest BCUT2D eigenvalue weighted by Crippen LogP contribution is 2.24. The van der Waals surface area contributed by atoms with Gasteiger partial charge in [0.15, 0.2) is 5.58 Å². The van der Waals surface area contributed by atoms with E-state index in [1.807, 2.05) is 31.3 Å². The van der Waals surface area contributed by atoms with Crippen molar-refractivity contribution in [3.8, 4) is 0 Å². The van der Waals surface area contributed by atoms with Crippen LogP contribution in [-0.4, -0.2) is 55.8 Å². The maximum Gasteiger partial charge on any atom is 0.295 e. The van der Waals surface area contributed by atoms with E-state index in [2.05, 4.69) is 35.1 Å². The van der Waals surface area contributed by atoms with Gasteiger partial charge in [0.05, 0.1) is 4.90 Å². The Morgan fingerprint density at radius 1 is 1.07 bits per heavy atom. The molecule has 0 saturated carbocycles. The van der Waals surface area contributed by atoms with Crippen LogP contribution in [0.3, 0.4) is 0 Å². The quantitative estimate of drug-likeness (QED) is 0.647. The molecule has 2 aromatic carbocycles. The van der Waals surface area contributed by atoms with Crippen LogP contribution >= 0.6 is 0 Å². The fraction of sp³-hybridized carbons (Fsp3) is 0.409. The Bertz CT molecular complexity index is 1110. The number of fused-ring (bicyclic) bond motifs is 1. The average molecular weight is 429 g/mol. The molecule has 1 N–H and O–H groups in total. The van der Waals surface area contributed by atoms with Gasteiger partial charge in [0, 0.05) is 32.7 Å². The normalized spacial score (nSPS) is 16.4. The lowest BCUT2D eigenvalue weighted by atomic mass is 10.0. The topological polar surface area (TPSA) is 78.7 Å². The van der Waals surface area contributed by atoms with E-state index in [1.54, 1.807) is 16.4 Å². The van der Waals surface area contributed by atoms with E-state index in [9.17, 15) is 8.42 Å². The molecule has 30 heavy (non-hydrogen) atoms. The molecule has 3 aromatic rings. The zero-order chi connectivity index (χ0) is 21.3. The highest BCUT2D eigenvalue weighted by molar-refractivity contribution is 7.89. The molecule has 1 saturated heterocycles. The van der Waals surface area contributed by atoms with Crippen LogP contribution in [0.1, 0.15) is 30.9 Å². The van der Waals surface area contributed by atoms with E-state index < -0.39 is 10.0 Å². The Kier molecular flexibility index (Phi) is 5.81. The number of piperazine rings is 1. The van der Waals surface area contributed by atoms with Gasteiger partial charge in [-0.2, -0.15) is 9.29 Å². The number of anilines is 1. The zero-order valence-corrected chi connectivity index (χ0v) is 18.4. The smallest absolute Gasteiger partial charge is 0.295 e. The number of hydrogen-bond acceptors (Lipinski definition) is 6. The van der Waals surface area contributed by atoms with Crippen LogP contribution in [0.4, 0.5) is 6.01 Å². The average Bonchev–Trinajstić information content (AvgIpc) is 3.15. The third kappa shape index (κ3) is 4.35. The van der Waals surface area contributed by atoms with Gasteiger partial charge in [-0.25, -0.2) is 8.42 Å². The Balaban J connectivity index is 1.42. The van der Waals surface area contributed by atoms with Gasteiger partial charge in [0.2, 0.25) is 10.0 Å². The van der Waals surface area contributed by atoms with Crippen molar-refractivity contribution in [2.24, 2.45) is 0 Å². The number of likely N-dealkylation sites (N-methyl/N-ethyl adjacent to an activating group) is 1. The molecule has 160 valence electrons. The summed E-state index contributed by atoms with van der Waals surface area (Å²) >= 11 is 0. The van der Waals surface area contributed by atoms with E-state index >= 15 is 0 Å². The number of nitrogens with zero attached hydrogens (tertiary/aromatic N) is 3. The number of sulfonamides is 1. The first kappa shape index (κ1) is 20.8. The Morgan fingerprint density at radius 3 is 2.43 bits per heavy atom. The zero-order valence-electron chi connectivity index (χ0n) is 17.6. The minimum Gasteiger partial charge on any atom is -0.424 e. The molecule has 2 heterocycles. The summed E-state index contributed by atoms with van der Waals surface area (Å²) in [6.45, 7) is 7.35. The van der Waals surface area contributed by atoms with Crippen molar-refractivity contribution in [1.29, 1.82) is 0 Å². The fourth-order valence-electron chi connectivity index (χ4n) is 3.51. The highest BCUT2D eigenvalue weighted by Gasteiger charge is 2.27. The van der Waals surface area contributed by atoms with Crippen LogP contribution in [-0.2, 0) is 16.6 Å². The Morgan fingerprint density at radius 2 is 1.77 bits per heavy atom. The van der Waals surface area contributed by atoms with Crippen LogP contribution < -0.4 is 5.32 Å². The van der Waals surface area contributed by atoms with E-state index in [0.717, 1.165) is 29.8 Å². The number of aromatic nitrogens is 1. The summed E-state index contributed by atoms with van der Waals surface area (Å²) in [6, 6.07) is 13.5. The first-order valence-electron chi connectivity index (χ1n) is 10.2. The molecular weight excluding hydrogens is 400 g/mol. The summed E-state index contributed by atoms with van der Waals surface area (Å²) in [7, 11) is -1.44. The second-order valence-corrected chi connectivity index (χ2v) is 10.0. The van der Waals surface area contributed by atoms with Gasteiger partial charge in [0.25, 0.3) is 6.01 Å². The molecule has 0 radical (unpaired) electrons. The molecule has 0 spiro atoms. The van der Waals surface area contributed by atoms with Gasteiger partial charge in [-0.1, -0.05) is 32.0 Å². The van der Waals surface area contributed by atoms with Crippen LogP contribution in [0.25, 0.3) is 11.1 Å². The molecule has 1 aromatic heterocycles. The maximum atomic E-state index is 12.8. The number of oxazole rings is 1. The van der Waals surface area contributed by atoms with Crippen molar-refractivity contribution in [2.45, 2.75) is 31.2 Å². The summed E-state index contributed by atoms with van der Waals surface area (Å²) in [5.41, 5.74) is 3.75. The van der Waals surface area contributed by atoms with Crippen LogP contribution in [0, 0.1) is 0 Å². The maximum absolute atomic E-state index is 12.8. The van der Waals surface area contributed by atoms with E-state index in [4.69, 9.17) is 4.42 Å². The lowest BCUT2D eigenvalue weighted by molar-refractivity contribution is 0.222. The summed E-state index contributed by atoms with van der Waals surface area (Å²) in [6.07, 6.45) is 0. The van der Waals surface area contributed by atoms with Gasteiger partial charge >= 0.3 is 0 Å². The molecular formula is C22H28N4O3S. The molecule has 1 fully saturated rings. The molecule has 4 rings (SSSR count). The Labute approximate surface area is 177 Å². The van der Waals surface area contributed by atoms with Crippen LogP contribution in [0.5, 0.6) is 0 Å². The number of nitrogens with one attached hydrogen (secondary N) is 1. The SMILES string of the molecule is CC(C)c1ccc2oc(NCc3ccc(S(=O)(=O)N4CCN(C)CC4)cc3)nc2c1. The van der Waals surface area contributed by atoms with Crippen LogP contribution in [0.15, 0.2) is 51.8 Å². The number of benzene rings is 2. The predicted molar refractivity (Wildman–Crippen MR) is 118 cm³/mol. The second kappa shape index (κ2) is 8.37. The number of hydrogen-bond donors (Lipinski definition) is 1. The van der Waals surface area contributed by atoms with Crippen molar-refractivity contribution in [3.63, 3.8) is 0 Å². The summed E-state index contributed by atoms with van der Waals surface area (Å²) < 4.78 is 33.0. The summed E-state index contributed by atoms with van der Waals surface area (Å²) in [5.74, 6) is 0.433. The van der Waals surface area contributed by atoms with E-state index in [-0.39, 0.29) is 0 Å². The fourth-order valence-corrected chi connectivity index (χ4v) is 4.94. The van der Waals surface area contributed by atoms with E-state index in [1.165, 1.54) is 5.56 Å². The number of rotatable bonds is 6. The van der Waals surface area contributed by atoms with Gasteiger partial charge in [-0.05, 0) is 48.4 Å². The molecule has 7 nitrogen and oxygen atoms in total. The first-order valence-corrected chi connectivity index (χ1v) is 11.7. The highest BCUT2D eigenvalue weighted by atomic mass is 32.2. The third-order valence-corrected chi connectivity index (χ3v) is 7.46. The molecule has 0 amide bonds. The minimum atomic E-state index is -3.44. The molecule has 0 unspecified atom stereocenters. The molecule has 0 atom stereocenters. The summed E-state index contributed by atoms with van der Waals surface area (Å²) in [5, 5.41) is 3.18. The molecule has 1 aliphatic rings. The van der Waals surface area contributed by atoms with Gasteiger partial charge in [-0.15, -0.1) is 0 Å². The monoisotopic (exact) mass is 428 g/mol. The van der Waals surface area contributed by atoms with Crippen LogP contribution in [0.2, 0.25) is 0 Å². The van der Waals surface area contributed by atoms with Gasteiger partial charge in [-0.3, -0.25) is 0 Å². The minimum absolute atomic E-state index is 0.332. The van der Waals surface area contributed by atoms with Crippen molar-refractivity contribution < 1.29 is 12.8 Å². The van der Waals surface area contributed by atoms with Crippen molar-refractivity contribution in [1.82, 2.24) is 14.2 Å². The van der Waals surface area contributed by atoms with Crippen molar-refractivity contribution >= 4 is 27.1 Å². The largest absolute Gasteiger partial charge is 0.424 e. The molecule has 0 bridgehead atoms.